The minimum atomic E-state index is -0.612. The molecule has 1 saturated heterocycles. The minimum absolute atomic E-state index is 0.112. The molecule has 6 nitrogen and oxygen atoms in total. The summed E-state index contributed by atoms with van der Waals surface area (Å²) in [6.07, 6.45) is 0. The summed E-state index contributed by atoms with van der Waals surface area (Å²) < 4.78 is 5.76. The van der Waals surface area contributed by atoms with Crippen LogP contribution in [0.1, 0.15) is 32.8 Å². The zero-order chi connectivity index (χ0) is 25.1. The van der Waals surface area contributed by atoms with Crippen LogP contribution in [0, 0.1) is 6.92 Å². The molecule has 0 atom stereocenters. The highest BCUT2D eigenvalue weighted by atomic mass is 16.3. The lowest BCUT2D eigenvalue weighted by atomic mass is 10.1. The van der Waals surface area contributed by atoms with Crippen LogP contribution in [0.25, 0.3) is 16.7 Å². The largest absolute Gasteiger partial charge is 0.449 e. The highest BCUT2D eigenvalue weighted by Gasteiger charge is 2.20. The van der Waals surface area contributed by atoms with E-state index in [1.165, 1.54) is 11.1 Å². The van der Waals surface area contributed by atoms with Crippen molar-refractivity contribution in [2.75, 3.05) is 31.5 Å². The summed E-state index contributed by atoms with van der Waals surface area (Å²) in [5, 5.41) is 4.11. The summed E-state index contributed by atoms with van der Waals surface area (Å²) in [7, 11) is 0. The Hall–Kier alpha value is -3.87. The Bertz CT molecular complexity index is 1380. The van der Waals surface area contributed by atoms with Gasteiger partial charge < -0.3 is 15.5 Å². The molecule has 184 valence electrons. The normalized spacial score (nSPS) is 14.7. The summed E-state index contributed by atoms with van der Waals surface area (Å²) >= 11 is 0. The zero-order valence-electron chi connectivity index (χ0n) is 20.7. The third kappa shape index (κ3) is 5.35. The third-order valence-corrected chi connectivity index (χ3v) is 6.74. The van der Waals surface area contributed by atoms with Gasteiger partial charge in [0.1, 0.15) is 5.58 Å². The molecule has 6 heteroatoms. The fraction of sp³-hybridized carbons (Fsp3) is 0.233. The second kappa shape index (κ2) is 10.4. The van der Waals surface area contributed by atoms with E-state index < -0.39 is 5.91 Å². The Morgan fingerprint density at radius 3 is 2.28 bits per heavy atom. The molecule has 0 radical (unpaired) electrons. The number of benzene rings is 3. The number of anilines is 1. The van der Waals surface area contributed by atoms with Gasteiger partial charge >= 0.3 is 0 Å². The van der Waals surface area contributed by atoms with Crippen molar-refractivity contribution in [3.05, 3.63) is 107 Å². The number of rotatable bonds is 8. The van der Waals surface area contributed by atoms with Crippen molar-refractivity contribution in [3.8, 4) is 0 Å². The van der Waals surface area contributed by atoms with Gasteiger partial charge in [-0.05, 0) is 47.4 Å². The first-order valence-corrected chi connectivity index (χ1v) is 12.3. The number of primary amides is 1. The van der Waals surface area contributed by atoms with Gasteiger partial charge in [0.15, 0.2) is 0 Å². The van der Waals surface area contributed by atoms with Crippen LogP contribution in [0.3, 0.4) is 0 Å². The molecule has 1 aromatic heterocycles. The van der Waals surface area contributed by atoms with Crippen molar-refractivity contribution in [1.82, 2.24) is 9.80 Å². The third-order valence-electron chi connectivity index (χ3n) is 6.74. The first-order chi connectivity index (χ1) is 17.5. The molecule has 3 aromatic carbocycles. The van der Waals surface area contributed by atoms with Gasteiger partial charge in [-0.15, -0.1) is 0 Å². The number of carbonyl (C=O) groups excluding carboxylic acids is 1. The number of nitrogens with one attached hydrogen (secondary N) is 1. The van der Waals surface area contributed by atoms with E-state index in [9.17, 15) is 4.79 Å². The van der Waals surface area contributed by atoms with Crippen LogP contribution < -0.4 is 11.1 Å². The fourth-order valence-corrected chi connectivity index (χ4v) is 4.79. The molecule has 0 bridgehead atoms. The molecular formula is C30H32N4O2. The molecule has 0 spiro atoms. The highest BCUT2D eigenvalue weighted by molar-refractivity contribution is 6.07. The number of amides is 1. The maximum Gasteiger partial charge on any atom is 0.286 e. The number of hydrogen-bond acceptors (Lipinski definition) is 5. The number of nitrogens with two attached hydrogens (primary N) is 1. The monoisotopic (exact) mass is 480 g/mol. The Morgan fingerprint density at radius 2 is 1.58 bits per heavy atom. The van der Waals surface area contributed by atoms with Crippen molar-refractivity contribution >= 4 is 28.3 Å². The van der Waals surface area contributed by atoms with Crippen molar-refractivity contribution < 1.29 is 9.21 Å². The summed E-state index contributed by atoms with van der Waals surface area (Å²) in [4.78, 5) is 17.1. The second-order valence-electron chi connectivity index (χ2n) is 9.51. The van der Waals surface area contributed by atoms with Gasteiger partial charge in [-0.3, -0.25) is 14.6 Å². The van der Waals surface area contributed by atoms with E-state index in [4.69, 9.17) is 10.2 Å². The van der Waals surface area contributed by atoms with Crippen LogP contribution in [-0.4, -0.2) is 41.9 Å². The zero-order valence-corrected chi connectivity index (χ0v) is 20.7. The Balaban J connectivity index is 1.24. The smallest absolute Gasteiger partial charge is 0.286 e. The maximum atomic E-state index is 12.0. The molecule has 5 rings (SSSR count). The van der Waals surface area contributed by atoms with Crippen LogP contribution in [0.5, 0.6) is 0 Å². The topological polar surface area (TPSA) is 74.7 Å². The molecule has 36 heavy (non-hydrogen) atoms. The summed E-state index contributed by atoms with van der Waals surface area (Å²) in [5.74, 6) is -0.499. The first-order valence-electron chi connectivity index (χ1n) is 12.3. The van der Waals surface area contributed by atoms with Crippen LogP contribution in [-0.2, 0) is 13.1 Å². The SMILES string of the molecule is C=C(Nc1c(C(N)=O)oc2cc(C)ccc12)c1cccc(CN2CCN(Cc3ccccc3)CC2)c1. The molecule has 1 fully saturated rings. The minimum Gasteiger partial charge on any atom is -0.449 e. The number of nitrogens with zero attached hydrogens (tertiary/aromatic N) is 2. The number of fused-ring (bicyclic) bond motifs is 1. The van der Waals surface area contributed by atoms with Crippen LogP contribution in [0.2, 0.25) is 0 Å². The van der Waals surface area contributed by atoms with Crippen molar-refractivity contribution in [2.45, 2.75) is 20.0 Å². The lowest BCUT2D eigenvalue weighted by molar-refractivity contribution is 0.0977. The Morgan fingerprint density at radius 1 is 0.917 bits per heavy atom. The summed E-state index contributed by atoms with van der Waals surface area (Å²) in [5.41, 5.74) is 12.1. The predicted molar refractivity (Wildman–Crippen MR) is 146 cm³/mol. The van der Waals surface area contributed by atoms with E-state index in [-0.39, 0.29) is 5.76 Å². The molecule has 0 unspecified atom stereocenters. The molecule has 1 aliphatic rings. The standard InChI is InChI=1S/C30H32N4O2/c1-21-11-12-26-27(17-21)36-29(30(31)35)28(26)32-22(2)25-10-6-9-24(18-25)20-34-15-13-33(14-16-34)19-23-7-4-3-5-8-23/h3-12,17-18,32H,2,13-16,19-20H2,1H3,(H2,31,35). The molecule has 2 heterocycles. The van der Waals surface area contributed by atoms with Gasteiger partial charge in [-0.25, -0.2) is 0 Å². The maximum absolute atomic E-state index is 12.0. The van der Waals surface area contributed by atoms with E-state index in [0.717, 1.165) is 55.8 Å². The number of furan rings is 1. The predicted octanol–water partition coefficient (Wildman–Crippen LogP) is 5.24. The van der Waals surface area contributed by atoms with Gasteiger partial charge in [0.2, 0.25) is 5.76 Å². The molecule has 3 N–H and O–H groups in total. The van der Waals surface area contributed by atoms with E-state index in [2.05, 4.69) is 70.2 Å². The molecule has 1 amide bonds. The van der Waals surface area contributed by atoms with Gasteiger partial charge in [-0.1, -0.05) is 61.2 Å². The molecule has 4 aromatic rings. The first kappa shape index (κ1) is 23.9. The van der Waals surface area contributed by atoms with Crippen molar-refractivity contribution in [2.24, 2.45) is 5.73 Å². The van der Waals surface area contributed by atoms with Crippen molar-refractivity contribution in [3.63, 3.8) is 0 Å². The van der Waals surface area contributed by atoms with E-state index in [0.29, 0.717) is 17.0 Å². The van der Waals surface area contributed by atoms with E-state index in [1.54, 1.807) is 0 Å². The number of piperazine rings is 1. The summed E-state index contributed by atoms with van der Waals surface area (Å²) in [6.45, 7) is 12.3. The quantitative estimate of drug-likeness (QED) is 0.361. The lowest BCUT2D eigenvalue weighted by Gasteiger charge is -2.34. The van der Waals surface area contributed by atoms with Gasteiger partial charge in [0, 0.05) is 50.4 Å². The number of aryl methyl sites for hydroxylation is 1. The molecule has 0 aliphatic carbocycles. The molecule has 1 aliphatic heterocycles. The molecule has 0 saturated carbocycles. The average Bonchev–Trinajstić information content (AvgIpc) is 3.23. The van der Waals surface area contributed by atoms with Gasteiger partial charge in [-0.2, -0.15) is 0 Å². The second-order valence-corrected chi connectivity index (χ2v) is 9.51. The van der Waals surface area contributed by atoms with Crippen LogP contribution in [0.15, 0.2) is 83.8 Å². The van der Waals surface area contributed by atoms with E-state index in [1.807, 2.05) is 31.2 Å². The fourth-order valence-electron chi connectivity index (χ4n) is 4.79. The highest BCUT2D eigenvalue weighted by Crippen LogP contribution is 2.33. The van der Waals surface area contributed by atoms with Crippen LogP contribution in [0.4, 0.5) is 5.69 Å². The number of hydrogen-bond donors (Lipinski definition) is 2. The van der Waals surface area contributed by atoms with Gasteiger partial charge in [0.25, 0.3) is 5.91 Å². The number of carbonyl (C=O) groups is 1. The molecular weight excluding hydrogens is 448 g/mol. The van der Waals surface area contributed by atoms with Crippen LogP contribution >= 0.6 is 0 Å². The Kier molecular flexibility index (Phi) is 6.89. The Labute approximate surface area is 212 Å². The van der Waals surface area contributed by atoms with Gasteiger partial charge in [0.05, 0.1) is 5.69 Å². The van der Waals surface area contributed by atoms with Crippen molar-refractivity contribution in [1.29, 1.82) is 0 Å². The summed E-state index contributed by atoms with van der Waals surface area (Å²) in [6, 6.07) is 24.8. The average molecular weight is 481 g/mol. The lowest BCUT2D eigenvalue weighted by Crippen LogP contribution is -2.45. The van der Waals surface area contributed by atoms with E-state index >= 15 is 0 Å².